The molecule has 1 aromatic heterocycles. The molecule has 210 valence electrons. The van der Waals surface area contributed by atoms with Gasteiger partial charge in [-0.1, -0.05) is 119 Å². The second-order valence-electron chi connectivity index (χ2n) is 10.4. The minimum absolute atomic E-state index is 0.389. The molecule has 0 amide bonds. The van der Waals surface area contributed by atoms with Gasteiger partial charge in [0, 0.05) is 18.2 Å². The van der Waals surface area contributed by atoms with Crippen molar-refractivity contribution in [1.29, 1.82) is 0 Å². The SMILES string of the molecule is CC(=Nc1c(C(C)C)cccc1C(C)C)c1nc2c(-c3ccccc3)ccc(-c3ccccc3)c2n1C.[Br][Ni][Br]. The van der Waals surface area contributed by atoms with E-state index in [1.807, 2.05) is 0 Å². The zero-order valence-electron chi connectivity index (χ0n) is 23.7. The molecule has 1 heterocycles. The topological polar surface area (TPSA) is 30.2 Å². The first-order chi connectivity index (χ1) is 19.3. The number of hydrogen-bond donors (Lipinski definition) is 0. The Morgan fingerprint density at radius 2 is 1.20 bits per heavy atom. The normalized spacial score (nSPS) is 11.8. The molecule has 3 nitrogen and oxygen atoms in total. The minimum atomic E-state index is 0.389. The third kappa shape index (κ3) is 6.51. The quantitative estimate of drug-likeness (QED) is 0.128. The van der Waals surface area contributed by atoms with E-state index in [2.05, 4.69) is 166 Å². The van der Waals surface area contributed by atoms with Crippen LogP contribution in [0.25, 0.3) is 33.3 Å². The van der Waals surface area contributed by atoms with Gasteiger partial charge in [0.15, 0.2) is 5.82 Å². The molecule has 0 saturated heterocycles. The van der Waals surface area contributed by atoms with Gasteiger partial charge in [-0.3, -0.25) is 0 Å². The Morgan fingerprint density at radius 1 is 0.725 bits per heavy atom. The molecular weight excluding hydrogens is 669 g/mol. The van der Waals surface area contributed by atoms with Gasteiger partial charge in [0.25, 0.3) is 0 Å². The molecular formula is C34H35Br2N3Ni. The number of fused-ring (bicyclic) bond motifs is 1. The van der Waals surface area contributed by atoms with E-state index in [1.54, 1.807) is 0 Å². The summed E-state index contributed by atoms with van der Waals surface area (Å²) in [7, 11) is 3.36. The molecule has 40 heavy (non-hydrogen) atoms. The molecule has 5 rings (SSSR count). The molecule has 0 atom stereocenters. The Labute approximate surface area is 258 Å². The molecule has 0 spiro atoms. The van der Waals surface area contributed by atoms with Crippen LogP contribution in [0.1, 0.15) is 63.4 Å². The molecule has 5 aromatic rings. The molecule has 0 aliphatic heterocycles. The number of nitrogens with zero attached hydrogens (tertiary/aromatic N) is 3. The average molecular weight is 704 g/mol. The fourth-order valence-corrected chi connectivity index (χ4v) is 5.20. The molecule has 0 radical (unpaired) electrons. The van der Waals surface area contributed by atoms with E-state index in [-0.39, 0.29) is 0 Å². The third-order valence-electron chi connectivity index (χ3n) is 7.14. The van der Waals surface area contributed by atoms with Crippen LogP contribution in [0, 0.1) is 0 Å². The number of halogens is 2. The number of rotatable bonds is 6. The van der Waals surface area contributed by atoms with Crippen LogP contribution < -0.4 is 0 Å². The Morgan fingerprint density at radius 3 is 1.70 bits per heavy atom. The van der Waals surface area contributed by atoms with Gasteiger partial charge in [-0.05, 0) is 41.0 Å². The van der Waals surface area contributed by atoms with Gasteiger partial charge in [-0.2, -0.15) is 0 Å². The molecule has 0 saturated carbocycles. The van der Waals surface area contributed by atoms with E-state index in [9.17, 15) is 0 Å². The number of aliphatic imine (C=N–C) groups is 1. The van der Waals surface area contributed by atoms with Crippen LogP contribution in [0.4, 0.5) is 5.69 Å². The monoisotopic (exact) mass is 701 g/mol. The summed E-state index contributed by atoms with van der Waals surface area (Å²) >= 11 is 6.00. The summed E-state index contributed by atoms with van der Waals surface area (Å²) in [4.78, 5) is 10.5. The summed E-state index contributed by atoms with van der Waals surface area (Å²) in [6.45, 7) is 11.0. The maximum atomic E-state index is 5.27. The first kappa shape index (κ1) is 30.4. The van der Waals surface area contributed by atoms with Gasteiger partial charge in [0.05, 0.1) is 22.4 Å². The number of aromatic nitrogens is 2. The number of para-hydroxylation sites is 1. The van der Waals surface area contributed by atoms with Gasteiger partial charge in [-0.15, -0.1) is 0 Å². The van der Waals surface area contributed by atoms with Crippen molar-refractivity contribution in [2.75, 3.05) is 0 Å². The van der Waals surface area contributed by atoms with Crippen LogP contribution in [0.2, 0.25) is 0 Å². The molecule has 6 heteroatoms. The Hall–Kier alpha value is -2.53. The van der Waals surface area contributed by atoms with Gasteiger partial charge in [0.2, 0.25) is 0 Å². The number of aryl methyl sites for hydroxylation is 1. The number of benzene rings is 4. The fraction of sp³-hybridized carbons (Fsp3) is 0.235. The van der Waals surface area contributed by atoms with Gasteiger partial charge in [-0.25, -0.2) is 9.98 Å². The molecule has 0 fully saturated rings. The zero-order valence-corrected chi connectivity index (χ0v) is 27.9. The van der Waals surface area contributed by atoms with Crippen molar-refractivity contribution in [3.8, 4) is 22.3 Å². The Bertz CT molecular complexity index is 1580. The van der Waals surface area contributed by atoms with Crippen LogP contribution in [-0.4, -0.2) is 15.3 Å². The maximum absolute atomic E-state index is 5.27. The van der Waals surface area contributed by atoms with E-state index < -0.39 is 0 Å². The summed E-state index contributed by atoms with van der Waals surface area (Å²) in [6, 6.07) is 32.1. The molecule has 0 aliphatic rings. The van der Waals surface area contributed by atoms with Crippen LogP contribution >= 0.6 is 28.5 Å². The summed E-state index contributed by atoms with van der Waals surface area (Å²) < 4.78 is 2.22. The second-order valence-corrected chi connectivity index (χ2v) is 15.4. The van der Waals surface area contributed by atoms with Gasteiger partial charge >= 0.3 is 39.3 Å². The molecule has 4 aromatic carbocycles. The van der Waals surface area contributed by atoms with Gasteiger partial charge in [0.1, 0.15) is 0 Å². The van der Waals surface area contributed by atoms with Crippen molar-refractivity contribution in [2.45, 2.75) is 46.5 Å². The number of imidazole rings is 1. The zero-order chi connectivity index (χ0) is 28.8. The molecule has 0 N–H and O–H groups in total. The molecule has 0 unspecified atom stereocenters. The van der Waals surface area contributed by atoms with Crippen LogP contribution in [-0.2, 0) is 17.9 Å². The van der Waals surface area contributed by atoms with E-state index in [1.165, 1.54) is 38.7 Å². The predicted octanol–water partition coefficient (Wildman–Crippen LogP) is 11.0. The third-order valence-corrected chi connectivity index (χ3v) is 7.14. The van der Waals surface area contributed by atoms with E-state index >= 15 is 0 Å². The average Bonchev–Trinajstić information content (AvgIpc) is 3.31. The van der Waals surface area contributed by atoms with Crippen molar-refractivity contribution in [2.24, 2.45) is 12.0 Å². The number of hydrogen-bond acceptors (Lipinski definition) is 2. The van der Waals surface area contributed by atoms with Crippen molar-refractivity contribution in [1.82, 2.24) is 9.55 Å². The Balaban J connectivity index is 0.00000118. The summed E-state index contributed by atoms with van der Waals surface area (Å²) in [5, 5.41) is 0. The standard InChI is InChI=1S/C34H35N3.2BrH.Ni/c1-22(2)27-18-13-19-28(23(3)4)31(27)35-24(5)34-36-32-29(25-14-9-7-10-15-25)20-21-30(33(32)37(34)6)26-16-11-8-12-17-26;;;/h7-23H,1-6H3;2*1H;/q;;;+2/p-2. The second kappa shape index (κ2) is 13.9. The van der Waals surface area contributed by atoms with Crippen molar-refractivity contribution in [3.63, 3.8) is 0 Å². The molecule has 0 aliphatic carbocycles. The van der Waals surface area contributed by atoms with E-state index in [0.717, 1.165) is 33.8 Å². The first-order valence-electron chi connectivity index (χ1n) is 13.4. The van der Waals surface area contributed by atoms with Crippen molar-refractivity contribution >= 4 is 50.9 Å². The first-order valence-corrected chi connectivity index (χ1v) is 18.3. The summed E-state index contributed by atoms with van der Waals surface area (Å²) in [5.74, 6) is 1.67. The summed E-state index contributed by atoms with van der Waals surface area (Å²) in [5.41, 5.74) is 11.3. The van der Waals surface area contributed by atoms with Crippen LogP contribution in [0.5, 0.6) is 0 Å². The Kier molecular flexibility index (Phi) is 10.6. The van der Waals surface area contributed by atoms with Crippen LogP contribution in [0.3, 0.4) is 0 Å². The van der Waals surface area contributed by atoms with Crippen molar-refractivity contribution in [3.05, 3.63) is 108 Å². The fourth-order valence-electron chi connectivity index (χ4n) is 5.20. The van der Waals surface area contributed by atoms with Gasteiger partial charge < -0.3 is 4.57 Å². The van der Waals surface area contributed by atoms with Crippen molar-refractivity contribution < 1.29 is 10.9 Å². The van der Waals surface area contributed by atoms with E-state index in [0.29, 0.717) is 11.8 Å². The molecule has 0 bridgehead atoms. The van der Waals surface area contributed by atoms with E-state index in [4.69, 9.17) is 9.98 Å². The summed E-state index contributed by atoms with van der Waals surface area (Å²) in [6.07, 6.45) is 0. The van der Waals surface area contributed by atoms with Crippen LogP contribution in [0.15, 0.2) is 96.0 Å². The predicted molar refractivity (Wildman–Crippen MR) is 176 cm³/mol.